The predicted octanol–water partition coefficient (Wildman–Crippen LogP) is 4.49. The maximum Gasteiger partial charge on any atom is 0.221 e. The molecule has 0 spiro atoms. The minimum absolute atomic E-state index is 0.0590. The molecule has 2 aromatic carbocycles. The van der Waals surface area contributed by atoms with E-state index in [2.05, 4.69) is 10.6 Å². The quantitative estimate of drug-likeness (QED) is 0.564. The second-order valence-electron chi connectivity index (χ2n) is 5.11. The summed E-state index contributed by atoms with van der Waals surface area (Å²) in [6.07, 6.45) is 0. The smallest absolute Gasteiger partial charge is 0.221 e. The number of benzene rings is 2. The van der Waals surface area contributed by atoms with Crippen LogP contribution in [0, 0.1) is 0 Å². The van der Waals surface area contributed by atoms with Crippen LogP contribution in [0.15, 0.2) is 58.3 Å². The van der Waals surface area contributed by atoms with Crippen molar-refractivity contribution in [3.63, 3.8) is 0 Å². The van der Waals surface area contributed by atoms with Crippen LogP contribution in [0.4, 0.5) is 11.4 Å². The Morgan fingerprint density at radius 3 is 1.33 bits per heavy atom. The Balaban J connectivity index is 1.72. The molecule has 4 nitrogen and oxygen atoms in total. The molecular formula is C18H20N2O2S2. The van der Waals surface area contributed by atoms with Crippen LogP contribution in [0.2, 0.25) is 0 Å². The second kappa shape index (κ2) is 9.39. The van der Waals surface area contributed by atoms with E-state index in [9.17, 15) is 9.59 Å². The van der Waals surface area contributed by atoms with Crippen molar-refractivity contribution in [3.8, 4) is 0 Å². The summed E-state index contributed by atoms with van der Waals surface area (Å²) in [5.74, 6) is 1.88. The summed E-state index contributed by atoms with van der Waals surface area (Å²) in [7, 11) is 0. The average molecular weight is 361 g/mol. The van der Waals surface area contributed by atoms with Gasteiger partial charge in [-0.15, -0.1) is 23.5 Å². The summed E-state index contributed by atoms with van der Waals surface area (Å²) in [5.41, 5.74) is 1.64. The molecule has 2 amide bonds. The fraction of sp³-hybridized carbons (Fsp3) is 0.222. The van der Waals surface area contributed by atoms with Crippen LogP contribution in [0.5, 0.6) is 0 Å². The first-order chi connectivity index (χ1) is 11.5. The van der Waals surface area contributed by atoms with Gasteiger partial charge in [0, 0.05) is 46.5 Å². The first-order valence-corrected chi connectivity index (χ1v) is 9.51. The Bertz CT molecular complexity index is 624. The summed E-state index contributed by atoms with van der Waals surface area (Å²) < 4.78 is 0. The van der Waals surface area contributed by atoms with Gasteiger partial charge in [0.2, 0.25) is 11.8 Å². The van der Waals surface area contributed by atoms with Crippen molar-refractivity contribution in [2.45, 2.75) is 23.6 Å². The predicted molar refractivity (Wildman–Crippen MR) is 103 cm³/mol. The number of rotatable bonds is 7. The summed E-state index contributed by atoms with van der Waals surface area (Å²) in [6.45, 7) is 3.01. The third-order valence-corrected chi connectivity index (χ3v) is 5.26. The standard InChI is InChI=1S/C18H20N2O2S2/c1-13(21)19-15-3-7-17(8-4-15)23-11-12-24-18-9-5-16(6-10-18)20-14(2)22/h3-10H,11-12H2,1-2H3,(H,19,21)(H,20,22). The largest absolute Gasteiger partial charge is 0.326 e. The maximum atomic E-state index is 11.0. The van der Waals surface area contributed by atoms with Crippen molar-refractivity contribution in [2.75, 3.05) is 22.1 Å². The number of carbonyl (C=O) groups excluding carboxylic acids is 2. The third-order valence-electron chi connectivity index (χ3n) is 2.97. The number of hydrogen-bond acceptors (Lipinski definition) is 4. The van der Waals surface area contributed by atoms with Gasteiger partial charge >= 0.3 is 0 Å². The van der Waals surface area contributed by atoms with Crippen molar-refractivity contribution in [1.29, 1.82) is 0 Å². The van der Waals surface area contributed by atoms with E-state index in [-0.39, 0.29) is 11.8 Å². The van der Waals surface area contributed by atoms with E-state index in [0.717, 1.165) is 22.9 Å². The van der Waals surface area contributed by atoms with Gasteiger partial charge in [-0.1, -0.05) is 0 Å². The molecule has 0 saturated carbocycles. The summed E-state index contributed by atoms with van der Waals surface area (Å²) in [5, 5.41) is 5.52. The van der Waals surface area contributed by atoms with E-state index in [0.29, 0.717) is 0 Å². The molecule has 0 heterocycles. The summed E-state index contributed by atoms with van der Waals surface area (Å²) in [4.78, 5) is 24.3. The van der Waals surface area contributed by atoms with Gasteiger partial charge in [-0.3, -0.25) is 9.59 Å². The number of thioether (sulfide) groups is 2. The summed E-state index contributed by atoms with van der Waals surface area (Å²) >= 11 is 3.58. The highest BCUT2D eigenvalue weighted by atomic mass is 32.2. The molecule has 0 atom stereocenters. The lowest BCUT2D eigenvalue weighted by Gasteiger charge is -2.06. The van der Waals surface area contributed by atoms with E-state index in [1.807, 2.05) is 48.5 Å². The van der Waals surface area contributed by atoms with Crippen LogP contribution in [0.3, 0.4) is 0 Å². The van der Waals surface area contributed by atoms with Crippen molar-refractivity contribution < 1.29 is 9.59 Å². The minimum Gasteiger partial charge on any atom is -0.326 e. The van der Waals surface area contributed by atoms with E-state index in [1.165, 1.54) is 23.6 Å². The number of amides is 2. The van der Waals surface area contributed by atoms with Crippen molar-refractivity contribution >= 4 is 46.7 Å². The van der Waals surface area contributed by atoms with Crippen LogP contribution in [-0.4, -0.2) is 23.3 Å². The first kappa shape index (κ1) is 18.4. The lowest BCUT2D eigenvalue weighted by molar-refractivity contribution is -0.115. The van der Waals surface area contributed by atoms with Crippen molar-refractivity contribution in [1.82, 2.24) is 0 Å². The van der Waals surface area contributed by atoms with Crippen LogP contribution < -0.4 is 10.6 Å². The number of carbonyl (C=O) groups is 2. The van der Waals surface area contributed by atoms with Gasteiger partial charge in [-0.2, -0.15) is 0 Å². The molecule has 6 heteroatoms. The Labute approximate surface area is 150 Å². The van der Waals surface area contributed by atoms with E-state index in [4.69, 9.17) is 0 Å². The highest BCUT2D eigenvalue weighted by Gasteiger charge is 2.00. The zero-order chi connectivity index (χ0) is 17.4. The molecule has 0 aliphatic heterocycles. The van der Waals surface area contributed by atoms with E-state index in [1.54, 1.807) is 23.5 Å². The van der Waals surface area contributed by atoms with E-state index < -0.39 is 0 Å². The molecule has 2 aromatic rings. The molecule has 0 unspecified atom stereocenters. The average Bonchev–Trinajstić information content (AvgIpc) is 2.53. The minimum atomic E-state index is -0.0590. The number of nitrogens with one attached hydrogen (secondary N) is 2. The molecule has 0 bridgehead atoms. The molecule has 24 heavy (non-hydrogen) atoms. The fourth-order valence-electron chi connectivity index (χ4n) is 1.99. The normalized spacial score (nSPS) is 10.2. The second-order valence-corrected chi connectivity index (χ2v) is 7.44. The van der Waals surface area contributed by atoms with Crippen LogP contribution in [0.1, 0.15) is 13.8 Å². The lowest BCUT2D eigenvalue weighted by atomic mass is 10.3. The topological polar surface area (TPSA) is 58.2 Å². The Morgan fingerprint density at radius 2 is 1.04 bits per heavy atom. The van der Waals surface area contributed by atoms with Crippen LogP contribution >= 0.6 is 23.5 Å². The lowest BCUT2D eigenvalue weighted by Crippen LogP contribution is -2.05. The van der Waals surface area contributed by atoms with Crippen molar-refractivity contribution in [2.24, 2.45) is 0 Å². The van der Waals surface area contributed by atoms with Gasteiger partial charge in [-0.25, -0.2) is 0 Å². The molecule has 0 aliphatic carbocycles. The molecule has 2 rings (SSSR count). The molecule has 0 saturated heterocycles. The number of anilines is 2. The molecule has 0 aromatic heterocycles. The monoisotopic (exact) mass is 360 g/mol. The highest BCUT2D eigenvalue weighted by molar-refractivity contribution is 8.03. The molecule has 0 aliphatic rings. The molecule has 0 radical (unpaired) electrons. The van der Waals surface area contributed by atoms with Gasteiger partial charge in [0.25, 0.3) is 0 Å². The Morgan fingerprint density at radius 1 is 0.708 bits per heavy atom. The first-order valence-electron chi connectivity index (χ1n) is 7.54. The summed E-state index contributed by atoms with van der Waals surface area (Å²) in [6, 6.07) is 15.7. The van der Waals surface area contributed by atoms with Crippen LogP contribution in [-0.2, 0) is 9.59 Å². The van der Waals surface area contributed by atoms with Gasteiger partial charge in [0.15, 0.2) is 0 Å². The highest BCUT2D eigenvalue weighted by Crippen LogP contribution is 2.25. The zero-order valence-corrected chi connectivity index (χ0v) is 15.3. The van der Waals surface area contributed by atoms with Gasteiger partial charge in [0.1, 0.15) is 0 Å². The van der Waals surface area contributed by atoms with Gasteiger partial charge in [-0.05, 0) is 48.5 Å². The third kappa shape index (κ3) is 6.68. The Kier molecular flexibility index (Phi) is 7.21. The molecule has 126 valence electrons. The molecular weight excluding hydrogens is 340 g/mol. The van der Waals surface area contributed by atoms with Crippen LogP contribution in [0.25, 0.3) is 0 Å². The molecule has 0 fully saturated rings. The van der Waals surface area contributed by atoms with E-state index >= 15 is 0 Å². The van der Waals surface area contributed by atoms with Gasteiger partial charge in [0.05, 0.1) is 0 Å². The fourth-order valence-corrected chi connectivity index (χ4v) is 3.79. The van der Waals surface area contributed by atoms with Gasteiger partial charge < -0.3 is 10.6 Å². The number of hydrogen-bond donors (Lipinski definition) is 2. The zero-order valence-electron chi connectivity index (χ0n) is 13.7. The maximum absolute atomic E-state index is 11.0. The Hall–Kier alpha value is -1.92. The SMILES string of the molecule is CC(=O)Nc1ccc(SCCSc2ccc(NC(C)=O)cc2)cc1. The molecule has 2 N–H and O–H groups in total. The van der Waals surface area contributed by atoms with Crippen molar-refractivity contribution in [3.05, 3.63) is 48.5 Å².